The van der Waals surface area contributed by atoms with Gasteiger partial charge in [-0.25, -0.2) is 4.39 Å². The van der Waals surface area contributed by atoms with Crippen LogP contribution in [0.2, 0.25) is 0 Å². The number of benzene rings is 2. The molecule has 0 aromatic heterocycles. The van der Waals surface area contributed by atoms with Crippen molar-refractivity contribution >= 4 is 22.9 Å². The summed E-state index contributed by atoms with van der Waals surface area (Å²) in [5.74, 6) is -0.245. The number of hydrogen-bond acceptors (Lipinski definition) is 3. The lowest BCUT2D eigenvalue weighted by atomic mass is 10.1. The molecule has 0 spiro atoms. The average molecular weight is 337 g/mol. The number of anilines is 2. The fraction of sp³-hybridized carbons (Fsp3) is 0.250. The van der Waals surface area contributed by atoms with Gasteiger partial charge in [0.25, 0.3) is 5.91 Å². The monoisotopic (exact) mass is 337 g/mol. The second-order valence-electron chi connectivity index (χ2n) is 6.52. The summed E-state index contributed by atoms with van der Waals surface area (Å²) in [6, 6.07) is 12.9. The van der Waals surface area contributed by atoms with E-state index in [1.54, 1.807) is 6.07 Å². The predicted octanol–water partition coefficient (Wildman–Crippen LogP) is 3.25. The molecule has 2 aromatic rings. The summed E-state index contributed by atoms with van der Waals surface area (Å²) in [7, 11) is 0. The molecule has 2 aromatic carbocycles. The third-order valence-electron chi connectivity index (χ3n) is 4.78. The molecule has 4 rings (SSSR count). The van der Waals surface area contributed by atoms with E-state index >= 15 is 0 Å². The second kappa shape index (κ2) is 6.24. The van der Waals surface area contributed by atoms with Crippen molar-refractivity contribution in [1.82, 2.24) is 4.90 Å². The van der Waals surface area contributed by atoms with Crippen LogP contribution in [0.4, 0.5) is 15.8 Å². The minimum atomic E-state index is -0.186. The van der Waals surface area contributed by atoms with Crippen molar-refractivity contribution in [2.75, 3.05) is 36.4 Å². The van der Waals surface area contributed by atoms with Gasteiger partial charge < -0.3 is 15.1 Å². The van der Waals surface area contributed by atoms with Gasteiger partial charge in [-0.1, -0.05) is 24.3 Å². The molecule has 2 aliphatic rings. The van der Waals surface area contributed by atoms with Gasteiger partial charge in [0.2, 0.25) is 0 Å². The first-order valence-electron chi connectivity index (χ1n) is 8.49. The molecule has 0 unspecified atom stereocenters. The van der Waals surface area contributed by atoms with E-state index in [1.165, 1.54) is 6.07 Å². The number of para-hydroxylation sites is 1. The van der Waals surface area contributed by atoms with E-state index in [0.29, 0.717) is 11.3 Å². The molecule has 0 atom stereocenters. The summed E-state index contributed by atoms with van der Waals surface area (Å²) in [5, 5.41) is 2.93. The Hall–Kier alpha value is -2.82. The highest BCUT2D eigenvalue weighted by Gasteiger charge is 2.26. The number of aryl methyl sites for hydroxylation is 1. The number of piperazine rings is 1. The van der Waals surface area contributed by atoms with Gasteiger partial charge in [0.05, 0.1) is 11.3 Å². The summed E-state index contributed by atoms with van der Waals surface area (Å²) >= 11 is 0. The van der Waals surface area contributed by atoms with Crippen molar-refractivity contribution in [3.05, 3.63) is 65.6 Å². The SMILES string of the molecule is Cc1ccc2c(c1)NC(=O)/C2=C/N1CCN(c2ccccc2F)CC1. The Morgan fingerprint density at radius 1 is 1.08 bits per heavy atom. The van der Waals surface area contributed by atoms with Crippen molar-refractivity contribution in [3.63, 3.8) is 0 Å². The first kappa shape index (κ1) is 15.7. The second-order valence-corrected chi connectivity index (χ2v) is 6.52. The molecule has 1 fully saturated rings. The van der Waals surface area contributed by atoms with Crippen LogP contribution in [0.1, 0.15) is 11.1 Å². The van der Waals surface area contributed by atoms with E-state index in [1.807, 2.05) is 43.5 Å². The van der Waals surface area contributed by atoms with Crippen LogP contribution in [-0.4, -0.2) is 37.0 Å². The highest BCUT2D eigenvalue weighted by molar-refractivity contribution is 6.31. The summed E-state index contributed by atoms with van der Waals surface area (Å²) < 4.78 is 13.9. The van der Waals surface area contributed by atoms with E-state index < -0.39 is 0 Å². The quantitative estimate of drug-likeness (QED) is 0.855. The molecule has 4 nitrogen and oxygen atoms in total. The molecule has 0 saturated carbocycles. The average Bonchev–Trinajstić information content (AvgIpc) is 2.91. The molecule has 0 radical (unpaired) electrons. The fourth-order valence-corrected chi connectivity index (χ4v) is 3.42. The molecule has 25 heavy (non-hydrogen) atoms. The minimum absolute atomic E-state index is 0.0582. The number of carbonyl (C=O) groups excluding carboxylic acids is 1. The Kier molecular flexibility index (Phi) is 3.92. The Morgan fingerprint density at radius 2 is 1.84 bits per heavy atom. The van der Waals surface area contributed by atoms with Gasteiger partial charge >= 0.3 is 0 Å². The van der Waals surface area contributed by atoms with Gasteiger partial charge in [-0.05, 0) is 30.7 Å². The number of carbonyl (C=O) groups is 1. The van der Waals surface area contributed by atoms with Crippen molar-refractivity contribution in [3.8, 4) is 0 Å². The fourth-order valence-electron chi connectivity index (χ4n) is 3.42. The zero-order valence-electron chi connectivity index (χ0n) is 14.1. The molecule has 2 heterocycles. The largest absolute Gasteiger partial charge is 0.373 e. The Bertz CT molecular complexity index is 854. The summed E-state index contributed by atoms with van der Waals surface area (Å²) in [4.78, 5) is 16.5. The van der Waals surface area contributed by atoms with Crippen molar-refractivity contribution < 1.29 is 9.18 Å². The Balaban J connectivity index is 1.50. The molecule has 0 bridgehead atoms. The minimum Gasteiger partial charge on any atom is -0.373 e. The van der Waals surface area contributed by atoms with Gasteiger partial charge in [0, 0.05) is 43.6 Å². The number of fused-ring (bicyclic) bond motifs is 1. The summed E-state index contributed by atoms with van der Waals surface area (Å²) in [5.41, 5.74) is 4.30. The summed E-state index contributed by atoms with van der Waals surface area (Å²) in [6.45, 7) is 4.98. The van der Waals surface area contributed by atoms with Crippen molar-refractivity contribution in [2.24, 2.45) is 0 Å². The lowest BCUT2D eigenvalue weighted by Crippen LogP contribution is -2.44. The van der Waals surface area contributed by atoms with E-state index in [2.05, 4.69) is 15.1 Å². The van der Waals surface area contributed by atoms with E-state index in [4.69, 9.17) is 0 Å². The highest BCUT2D eigenvalue weighted by Crippen LogP contribution is 2.32. The van der Waals surface area contributed by atoms with E-state index in [9.17, 15) is 9.18 Å². The van der Waals surface area contributed by atoms with Gasteiger partial charge in [0.15, 0.2) is 0 Å². The van der Waals surface area contributed by atoms with Crippen LogP contribution in [-0.2, 0) is 4.79 Å². The van der Waals surface area contributed by atoms with Gasteiger partial charge in [0.1, 0.15) is 5.82 Å². The maximum atomic E-state index is 13.9. The number of halogens is 1. The molecule has 1 N–H and O–H groups in total. The van der Waals surface area contributed by atoms with Crippen LogP contribution >= 0.6 is 0 Å². The molecule has 5 heteroatoms. The smallest absolute Gasteiger partial charge is 0.257 e. The molecule has 128 valence electrons. The molecule has 2 aliphatic heterocycles. The zero-order chi connectivity index (χ0) is 17.4. The third-order valence-corrected chi connectivity index (χ3v) is 4.78. The first-order chi connectivity index (χ1) is 12.1. The van der Waals surface area contributed by atoms with Gasteiger partial charge in [-0.3, -0.25) is 4.79 Å². The lowest BCUT2D eigenvalue weighted by Gasteiger charge is -2.35. The standard InChI is InChI=1S/C20H20FN3O/c1-14-6-7-15-16(20(25)22-18(15)12-14)13-23-8-10-24(11-9-23)19-5-3-2-4-17(19)21/h2-7,12-13H,8-11H2,1H3,(H,22,25)/b16-13+. The van der Waals surface area contributed by atoms with Gasteiger partial charge in [-0.2, -0.15) is 0 Å². The van der Waals surface area contributed by atoms with Crippen LogP contribution in [0, 0.1) is 12.7 Å². The van der Waals surface area contributed by atoms with Crippen LogP contribution in [0.5, 0.6) is 0 Å². The maximum absolute atomic E-state index is 13.9. The topological polar surface area (TPSA) is 35.6 Å². The van der Waals surface area contributed by atoms with Crippen molar-refractivity contribution in [1.29, 1.82) is 0 Å². The van der Waals surface area contributed by atoms with Crippen LogP contribution < -0.4 is 10.2 Å². The number of nitrogens with zero attached hydrogens (tertiary/aromatic N) is 2. The first-order valence-corrected chi connectivity index (χ1v) is 8.49. The Labute approximate surface area is 146 Å². The molecular weight excluding hydrogens is 317 g/mol. The predicted molar refractivity (Wildman–Crippen MR) is 98.0 cm³/mol. The number of rotatable bonds is 2. The van der Waals surface area contributed by atoms with E-state index in [0.717, 1.165) is 43.0 Å². The summed E-state index contributed by atoms with van der Waals surface area (Å²) in [6.07, 6.45) is 1.94. The van der Waals surface area contributed by atoms with Crippen LogP contribution in [0.15, 0.2) is 48.7 Å². The highest BCUT2D eigenvalue weighted by atomic mass is 19.1. The van der Waals surface area contributed by atoms with Crippen LogP contribution in [0.3, 0.4) is 0 Å². The van der Waals surface area contributed by atoms with Gasteiger partial charge in [-0.15, -0.1) is 0 Å². The van der Waals surface area contributed by atoms with E-state index in [-0.39, 0.29) is 11.7 Å². The third kappa shape index (κ3) is 2.97. The Morgan fingerprint density at radius 3 is 2.60 bits per heavy atom. The number of hydrogen-bond donors (Lipinski definition) is 1. The molecule has 0 aliphatic carbocycles. The van der Waals surface area contributed by atoms with Crippen molar-refractivity contribution in [2.45, 2.75) is 6.92 Å². The molecule has 1 amide bonds. The number of nitrogens with one attached hydrogen (secondary N) is 1. The molecular formula is C20H20FN3O. The zero-order valence-corrected chi connectivity index (χ0v) is 14.1. The number of amides is 1. The normalized spacial score (nSPS) is 18.5. The molecule has 1 saturated heterocycles. The lowest BCUT2D eigenvalue weighted by molar-refractivity contribution is -0.110. The maximum Gasteiger partial charge on any atom is 0.257 e. The van der Waals surface area contributed by atoms with Crippen LogP contribution in [0.25, 0.3) is 5.57 Å².